The number of ether oxygens (including phenoxy) is 1. The van der Waals surface area contributed by atoms with Crippen LogP contribution in [0.5, 0.6) is 5.75 Å². The fourth-order valence-electron chi connectivity index (χ4n) is 3.56. The molecule has 0 radical (unpaired) electrons. The molecule has 0 atom stereocenters. The van der Waals surface area contributed by atoms with Gasteiger partial charge in [0, 0.05) is 17.8 Å². The van der Waals surface area contributed by atoms with Gasteiger partial charge in [-0.05, 0) is 56.0 Å². The molecule has 2 aromatic carbocycles. The van der Waals surface area contributed by atoms with E-state index in [1.807, 2.05) is 69.3 Å². The number of aromatic nitrogens is 4. The molecule has 1 N–H and O–H groups in total. The van der Waals surface area contributed by atoms with Gasteiger partial charge in [0.15, 0.2) is 0 Å². The van der Waals surface area contributed by atoms with Gasteiger partial charge < -0.3 is 10.1 Å². The van der Waals surface area contributed by atoms with Crippen molar-refractivity contribution < 1.29 is 9.53 Å². The molecule has 2 aromatic heterocycles. The van der Waals surface area contributed by atoms with Gasteiger partial charge in [0.05, 0.1) is 5.69 Å². The van der Waals surface area contributed by atoms with Crippen LogP contribution in [0.2, 0.25) is 0 Å². The first-order chi connectivity index (χ1) is 15.0. The van der Waals surface area contributed by atoms with Crippen molar-refractivity contribution >= 4 is 17.4 Å². The summed E-state index contributed by atoms with van der Waals surface area (Å²) in [6.45, 7) is 6.35. The maximum atomic E-state index is 12.7. The van der Waals surface area contributed by atoms with Crippen molar-refractivity contribution in [1.82, 2.24) is 19.6 Å². The number of rotatable bonds is 7. The minimum atomic E-state index is -0.0779. The quantitative estimate of drug-likeness (QED) is 0.489. The van der Waals surface area contributed by atoms with Crippen molar-refractivity contribution in [3.8, 4) is 5.75 Å². The summed E-state index contributed by atoms with van der Waals surface area (Å²) in [5.41, 5.74) is 5.65. The molecule has 0 saturated heterocycles. The summed E-state index contributed by atoms with van der Waals surface area (Å²) in [5, 5.41) is 7.20. The third-order valence-electron chi connectivity index (χ3n) is 5.24. The molecule has 0 saturated carbocycles. The Morgan fingerprint density at radius 1 is 1.10 bits per heavy atom. The summed E-state index contributed by atoms with van der Waals surface area (Å²) < 4.78 is 7.71. The second-order valence-electron chi connectivity index (χ2n) is 7.56. The standard InChI is InChI=1S/C24H25N5O2/c1-16-9-11-21(22(13-16)31-14-19-7-5-4-6-8-19)28-23(30)12-10-20-17(2)27-24-25-15-26-29(24)18(20)3/h4-9,11,13,15H,10,12,14H2,1-3H3,(H,28,30). The molecule has 0 spiro atoms. The zero-order valence-corrected chi connectivity index (χ0v) is 17.9. The maximum Gasteiger partial charge on any atom is 0.252 e. The predicted octanol–water partition coefficient (Wildman–Crippen LogP) is 4.20. The van der Waals surface area contributed by atoms with Crippen LogP contribution < -0.4 is 10.1 Å². The van der Waals surface area contributed by atoms with Gasteiger partial charge in [-0.3, -0.25) is 4.79 Å². The molecule has 2 heterocycles. The largest absolute Gasteiger partial charge is 0.487 e. The molecular formula is C24H25N5O2. The highest BCUT2D eigenvalue weighted by Crippen LogP contribution is 2.27. The molecule has 0 bridgehead atoms. The fraction of sp³-hybridized carbons (Fsp3) is 0.250. The van der Waals surface area contributed by atoms with Crippen LogP contribution >= 0.6 is 0 Å². The SMILES string of the molecule is Cc1ccc(NC(=O)CCc2c(C)nc3ncnn3c2C)c(OCc2ccccc2)c1. The molecule has 158 valence electrons. The Labute approximate surface area is 181 Å². The van der Waals surface area contributed by atoms with Crippen LogP contribution in [0.25, 0.3) is 5.78 Å². The number of nitrogens with one attached hydrogen (secondary N) is 1. The summed E-state index contributed by atoms with van der Waals surface area (Å²) in [7, 11) is 0. The van der Waals surface area contributed by atoms with E-state index >= 15 is 0 Å². The van der Waals surface area contributed by atoms with Crippen molar-refractivity contribution in [2.45, 2.75) is 40.2 Å². The third-order valence-corrected chi connectivity index (χ3v) is 5.24. The van der Waals surface area contributed by atoms with Crippen LogP contribution in [0.3, 0.4) is 0 Å². The first-order valence-corrected chi connectivity index (χ1v) is 10.2. The molecule has 0 unspecified atom stereocenters. The number of anilines is 1. The van der Waals surface area contributed by atoms with Gasteiger partial charge in [0.1, 0.15) is 18.7 Å². The van der Waals surface area contributed by atoms with Crippen molar-refractivity contribution in [3.05, 3.63) is 82.9 Å². The highest BCUT2D eigenvalue weighted by molar-refractivity contribution is 5.92. The highest BCUT2D eigenvalue weighted by Gasteiger charge is 2.14. The molecule has 4 aromatic rings. The summed E-state index contributed by atoms with van der Waals surface area (Å²) in [4.78, 5) is 21.3. The maximum absolute atomic E-state index is 12.7. The van der Waals surface area contributed by atoms with Gasteiger partial charge in [-0.25, -0.2) is 9.50 Å². The number of carbonyl (C=O) groups excluding carboxylic acids is 1. The summed E-state index contributed by atoms with van der Waals surface area (Å²) in [6.07, 6.45) is 2.38. The second-order valence-corrected chi connectivity index (χ2v) is 7.56. The van der Waals surface area contributed by atoms with Crippen molar-refractivity contribution in [1.29, 1.82) is 0 Å². The molecule has 1 amide bonds. The first kappa shape index (κ1) is 20.5. The van der Waals surface area contributed by atoms with Gasteiger partial charge in [-0.15, -0.1) is 0 Å². The second kappa shape index (κ2) is 8.95. The van der Waals surface area contributed by atoms with Crippen molar-refractivity contribution in [2.75, 3.05) is 5.32 Å². The first-order valence-electron chi connectivity index (χ1n) is 10.2. The highest BCUT2D eigenvalue weighted by atomic mass is 16.5. The molecule has 7 heteroatoms. The van der Waals surface area contributed by atoms with Gasteiger partial charge >= 0.3 is 0 Å². The van der Waals surface area contributed by atoms with Gasteiger partial charge in [0.25, 0.3) is 5.78 Å². The number of hydrogen-bond donors (Lipinski definition) is 1. The molecule has 0 fully saturated rings. The van der Waals surface area contributed by atoms with E-state index in [1.54, 1.807) is 4.52 Å². The van der Waals surface area contributed by atoms with Crippen LogP contribution in [-0.2, 0) is 17.8 Å². The lowest BCUT2D eigenvalue weighted by molar-refractivity contribution is -0.116. The fourth-order valence-corrected chi connectivity index (χ4v) is 3.56. The van der Waals surface area contributed by atoms with E-state index in [4.69, 9.17) is 4.74 Å². The Hall–Kier alpha value is -3.74. The molecule has 0 aliphatic heterocycles. The van der Waals surface area contributed by atoms with E-state index in [1.165, 1.54) is 6.33 Å². The number of nitrogens with zero attached hydrogens (tertiary/aromatic N) is 4. The lowest BCUT2D eigenvalue weighted by Crippen LogP contribution is -2.15. The van der Waals surface area contributed by atoms with Crippen LogP contribution in [0.15, 0.2) is 54.9 Å². The van der Waals surface area contributed by atoms with Crippen molar-refractivity contribution in [3.63, 3.8) is 0 Å². The van der Waals surface area contributed by atoms with E-state index in [0.717, 1.165) is 28.1 Å². The average molecular weight is 415 g/mol. The van der Waals surface area contributed by atoms with E-state index in [0.29, 0.717) is 36.7 Å². The Kier molecular flexibility index (Phi) is 5.93. The number of aryl methyl sites for hydroxylation is 3. The zero-order chi connectivity index (χ0) is 21.8. The number of carbonyl (C=O) groups is 1. The van der Waals surface area contributed by atoms with E-state index in [2.05, 4.69) is 20.4 Å². The average Bonchev–Trinajstić information content (AvgIpc) is 3.23. The number of fused-ring (bicyclic) bond motifs is 1. The Morgan fingerprint density at radius 2 is 1.90 bits per heavy atom. The lowest BCUT2D eigenvalue weighted by Gasteiger charge is -2.14. The van der Waals surface area contributed by atoms with Gasteiger partial charge in [-0.1, -0.05) is 36.4 Å². The predicted molar refractivity (Wildman–Crippen MR) is 119 cm³/mol. The Bertz CT molecular complexity index is 1220. The zero-order valence-electron chi connectivity index (χ0n) is 17.9. The minimum absolute atomic E-state index is 0.0779. The number of benzene rings is 2. The van der Waals surface area contributed by atoms with Gasteiger partial charge in [0.2, 0.25) is 5.91 Å². The van der Waals surface area contributed by atoms with Crippen LogP contribution in [0, 0.1) is 20.8 Å². The van der Waals surface area contributed by atoms with E-state index in [9.17, 15) is 4.79 Å². The lowest BCUT2D eigenvalue weighted by atomic mass is 10.1. The number of amides is 1. The molecule has 4 rings (SSSR count). The van der Waals surface area contributed by atoms with Crippen LogP contribution in [0.4, 0.5) is 5.69 Å². The molecule has 7 nitrogen and oxygen atoms in total. The number of hydrogen-bond acceptors (Lipinski definition) is 5. The third kappa shape index (κ3) is 4.71. The van der Waals surface area contributed by atoms with Crippen LogP contribution in [0.1, 0.15) is 34.5 Å². The summed E-state index contributed by atoms with van der Waals surface area (Å²) in [6, 6.07) is 15.7. The molecule has 0 aliphatic rings. The van der Waals surface area contributed by atoms with Crippen LogP contribution in [-0.4, -0.2) is 25.5 Å². The Morgan fingerprint density at radius 3 is 2.71 bits per heavy atom. The summed E-state index contributed by atoms with van der Waals surface area (Å²) >= 11 is 0. The monoisotopic (exact) mass is 415 g/mol. The molecule has 31 heavy (non-hydrogen) atoms. The van der Waals surface area contributed by atoms with Gasteiger partial charge in [-0.2, -0.15) is 10.1 Å². The topological polar surface area (TPSA) is 81.4 Å². The smallest absolute Gasteiger partial charge is 0.252 e. The van der Waals surface area contributed by atoms with Crippen molar-refractivity contribution in [2.24, 2.45) is 0 Å². The van der Waals surface area contributed by atoms with E-state index in [-0.39, 0.29) is 5.91 Å². The molecule has 0 aliphatic carbocycles. The normalized spacial score (nSPS) is 10.9. The van der Waals surface area contributed by atoms with E-state index < -0.39 is 0 Å². The molecular weight excluding hydrogens is 390 g/mol. The minimum Gasteiger partial charge on any atom is -0.487 e. The summed E-state index contributed by atoms with van der Waals surface area (Å²) in [5.74, 6) is 1.16. The Balaban J connectivity index is 1.44.